The highest BCUT2D eigenvalue weighted by molar-refractivity contribution is 5.91. The van der Waals surface area contributed by atoms with Gasteiger partial charge in [0, 0.05) is 12.6 Å². The third kappa shape index (κ3) is 12.9. The summed E-state index contributed by atoms with van der Waals surface area (Å²) in [5, 5.41) is 6.94. The summed E-state index contributed by atoms with van der Waals surface area (Å²) in [6, 6.07) is 6.09. The van der Waals surface area contributed by atoms with Crippen LogP contribution in [0.2, 0.25) is 0 Å². The molecule has 0 aliphatic heterocycles. The Labute approximate surface area is 291 Å². The van der Waals surface area contributed by atoms with E-state index >= 15 is 0 Å². The fourth-order valence-corrected chi connectivity index (χ4v) is 5.98. The summed E-state index contributed by atoms with van der Waals surface area (Å²) in [6.45, 7) is 12.6. The number of hydrazine groups is 1. The minimum Gasteiger partial charge on any atom is -0.460 e. The van der Waals surface area contributed by atoms with Crippen LogP contribution in [0, 0.1) is 29.1 Å². The van der Waals surface area contributed by atoms with Crippen molar-refractivity contribution in [1.29, 1.82) is 0 Å². The maximum absolute atomic E-state index is 14.7. The van der Waals surface area contributed by atoms with Gasteiger partial charge in [-0.25, -0.2) is 14.6 Å². The van der Waals surface area contributed by atoms with Crippen LogP contribution in [0.1, 0.15) is 92.2 Å². The number of esters is 1. The van der Waals surface area contributed by atoms with Gasteiger partial charge in [0.05, 0.1) is 38.1 Å². The normalized spacial score (nSPS) is 17.0. The molecule has 0 radical (unpaired) electrons. The molecule has 5 N–H and O–H groups in total. The molecule has 3 amide bonds. The van der Waals surface area contributed by atoms with E-state index in [-0.39, 0.29) is 24.3 Å². The Balaban J connectivity index is 2.70. The number of ketones is 1. The predicted octanol–water partition coefficient (Wildman–Crippen LogP) is 4.50. The number of carbonyl (C=O) groups excluding carboxylic acids is 5. The maximum Gasteiger partial charge on any atom is 0.407 e. The zero-order valence-electron chi connectivity index (χ0n) is 30.7. The first kappa shape index (κ1) is 41.5. The van der Waals surface area contributed by atoms with Gasteiger partial charge in [0.15, 0.2) is 5.78 Å². The minimum absolute atomic E-state index is 0.0902. The van der Waals surface area contributed by atoms with Crippen molar-refractivity contribution in [1.82, 2.24) is 21.1 Å². The quantitative estimate of drug-likeness (QED) is 0.110. The third-order valence-electron chi connectivity index (χ3n) is 8.88. The molecular weight excluding hydrogens is 630 g/mol. The number of rotatable bonds is 16. The van der Waals surface area contributed by atoms with Crippen molar-refractivity contribution in [3.8, 4) is 0 Å². The zero-order chi connectivity index (χ0) is 36.9. The van der Waals surface area contributed by atoms with Crippen LogP contribution in [-0.2, 0) is 28.6 Å². The second-order valence-corrected chi connectivity index (χ2v) is 14.7. The lowest BCUT2D eigenvalue weighted by molar-refractivity contribution is -0.166. The Morgan fingerprint density at radius 2 is 1.39 bits per heavy atom. The van der Waals surface area contributed by atoms with E-state index < -0.39 is 65.4 Å². The minimum atomic E-state index is -1.16. The Morgan fingerprint density at radius 3 is 1.88 bits per heavy atom. The molecule has 2 unspecified atom stereocenters. The molecule has 0 saturated heterocycles. The molecule has 1 aliphatic carbocycles. The lowest BCUT2D eigenvalue weighted by Crippen LogP contribution is -2.59. The molecule has 13 nitrogen and oxygen atoms in total. The van der Waals surface area contributed by atoms with Crippen LogP contribution in [0.15, 0.2) is 30.3 Å². The van der Waals surface area contributed by atoms with Crippen molar-refractivity contribution >= 4 is 29.8 Å². The summed E-state index contributed by atoms with van der Waals surface area (Å²) < 4.78 is 15.8. The highest BCUT2D eigenvalue weighted by Gasteiger charge is 2.44. The maximum atomic E-state index is 14.7. The lowest BCUT2D eigenvalue weighted by atomic mass is 9.80. The largest absolute Gasteiger partial charge is 0.460 e. The Kier molecular flexibility index (Phi) is 16.5. The van der Waals surface area contributed by atoms with Crippen molar-refractivity contribution < 1.29 is 38.2 Å². The highest BCUT2D eigenvalue weighted by atomic mass is 16.6. The van der Waals surface area contributed by atoms with Crippen LogP contribution in [0.25, 0.3) is 0 Å². The topological polar surface area (TPSA) is 178 Å². The number of nitrogens with two attached hydrogens (primary N) is 1. The number of hydrogen-bond acceptors (Lipinski definition) is 10. The van der Waals surface area contributed by atoms with E-state index in [1.807, 2.05) is 6.07 Å². The fourth-order valence-electron chi connectivity index (χ4n) is 5.98. The van der Waals surface area contributed by atoms with E-state index in [4.69, 9.17) is 19.9 Å². The van der Waals surface area contributed by atoms with E-state index in [2.05, 4.69) is 16.1 Å². The average molecular weight is 690 g/mol. The Hall–Kier alpha value is -3.71. The number of Topliss-reactive ketones (excluding diaryl/α,β-unsaturated/α-hetero) is 1. The molecule has 0 aromatic heterocycles. The number of methoxy groups -OCH3 is 2. The van der Waals surface area contributed by atoms with E-state index in [0.717, 1.165) is 32.1 Å². The van der Waals surface area contributed by atoms with Crippen molar-refractivity contribution in [2.75, 3.05) is 27.3 Å². The van der Waals surface area contributed by atoms with Crippen LogP contribution in [-0.4, -0.2) is 80.4 Å². The second kappa shape index (κ2) is 19.5. The second-order valence-electron chi connectivity index (χ2n) is 14.7. The first-order valence-electron chi connectivity index (χ1n) is 17.3. The molecule has 0 heterocycles. The molecule has 0 spiro atoms. The van der Waals surface area contributed by atoms with Crippen LogP contribution >= 0.6 is 0 Å². The number of hydrogen-bond donors (Lipinski definition) is 4. The molecule has 0 bridgehead atoms. The molecule has 1 fully saturated rings. The monoisotopic (exact) mass is 689 g/mol. The molecule has 5 atom stereocenters. The number of carbonyl (C=O) groups is 5. The van der Waals surface area contributed by atoms with E-state index in [9.17, 15) is 24.0 Å². The van der Waals surface area contributed by atoms with Gasteiger partial charge in [0.2, 0.25) is 0 Å². The zero-order valence-corrected chi connectivity index (χ0v) is 30.7. The van der Waals surface area contributed by atoms with Gasteiger partial charge >= 0.3 is 18.2 Å². The van der Waals surface area contributed by atoms with Gasteiger partial charge in [-0.2, -0.15) is 0 Å². The molecular formula is C36H59N5O8. The standard InChI is InChI=1S/C36H59N5O8/c1-22(2)29(38-34(45)47-8)31(42)27(28(37)25-18-14-11-15-19-25)26(49-33(44)36(5,6)7)21-41(20-24-16-12-10-13-17-24)40-32(43)30(23(3)4)39-35(46)48-9/h11,14-15,18-19,22-24,26-30H,10,12-13,16-17,20-21,37H2,1-9H3,(H,38,45)(H,39,46)(H,40,43)/t26-,27?,28?,29-,30-/m0/s1. The number of amides is 3. The fraction of sp³-hybridized carbons (Fsp3) is 0.694. The van der Waals surface area contributed by atoms with E-state index in [0.29, 0.717) is 12.1 Å². The summed E-state index contributed by atoms with van der Waals surface area (Å²) >= 11 is 0. The van der Waals surface area contributed by atoms with Crippen LogP contribution < -0.4 is 21.8 Å². The number of alkyl carbamates (subject to hydrolysis) is 2. The summed E-state index contributed by atoms with van der Waals surface area (Å²) in [5.41, 5.74) is 9.59. The van der Waals surface area contributed by atoms with Gasteiger partial charge in [0.25, 0.3) is 5.91 Å². The smallest absolute Gasteiger partial charge is 0.407 e. The average Bonchev–Trinajstić information content (AvgIpc) is 3.05. The summed E-state index contributed by atoms with van der Waals surface area (Å²) in [4.78, 5) is 66.6. The predicted molar refractivity (Wildman–Crippen MR) is 186 cm³/mol. The number of nitrogens with one attached hydrogen (secondary N) is 3. The van der Waals surface area contributed by atoms with Crippen molar-refractivity contribution in [3.05, 3.63) is 35.9 Å². The van der Waals surface area contributed by atoms with Gasteiger partial charge in [-0.3, -0.25) is 19.8 Å². The van der Waals surface area contributed by atoms with Gasteiger partial charge in [-0.15, -0.1) is 0 Å². The Bertz CT molecular complexity index is 1230. The molecule has 1 aromatic rings. The summed E-state index contributed by atoms with van der Waals surface area (Å²) in [7, 11) is 2.43. The molecule has 1 saturated carbocycles. The van der Waals surface area contributed by atoms with Gasteiger partial charge in [-0.1, -0.05) is 77.3 Å². The molecule has 276 valence electrons. The summed E-state index contributed by atoms with van der Waals surface area (Å²) in [6.07, 6.45) is 2.40. The number of ether oxygens (including phenoxy) is 3. The summed E-state index contributed by atoms with van der Waals surface area (Å²) in [5.74, 6) is -3.08. The van der Waals surface area contributed by atoms with Crippen LogP contribution in [0.5, 0.6) is 0 Å². The first-order valence-corrected chi connectivity index (χ1v) is 17.3. The van der Waals surface area contributed by atoms with Gasteiger partial charge in [0.1, 0.15) is 12.1 Å². The Morgan fingerprint density at radius 1 is 0.857 bits per heavy atom. The highest BCUT2D eigenvalue weighted by Crippen LogP contribution is 2.31. The molecule has 1 aromatic carbocycles. The van der Waals surface area contributed by atoms with Crippen molar-refractivity contribution in [2.45, 2.75) is 105 Å². The van der Waals surface area contributed by atoms with Crippen molar-refractivity contribution in [3.63, 3.8) is 0 Å². The molecule has 49 heavy (non-hydrogen) atoms. The van der Waals surface area contributed by atoms with Crippen LogP contribution in [0.3, 0.4) is 0 Å². The molecule has 1 aliphatic rings. The number of benzene rings is 1. The van der Waals surface area contributed by atoms with Gasteiger partial charge in [-0.05, 0) is 56.9 Å². The SMILES string of the molecule is COC(=O)N[C@H](C(=O)NN(CC1CCCCC1)C[C@H](OC(=O)C(C)(C)C)C(C(=O)[C@@H](NC(=O)OC)C(C)C)C(N)c1ccccc1)C(C)C. The first-order chi connectivity index (χ1) is 23.0. The van der Waals surface area contributed by atoms with E-state index in [1.54, 1.807) is 77.7 Å². The van der Waals surface area contributed by atoms with Gasteiger partial charge < -0.3 is 30.6 Å². The van der Waals surface area contributed by atoms with Crippen LogP contribution in [0.4, 0.5) is 9.59 Å². The lowest BCUT2D eigenvalue weighted by Gasteiger charge is -2.39. The molecule has 13 heteroatoms. The number of nitrogens with zero attached hydrogens (tertiary/aromatic N) is 1. The van der Waals surface area contributed by atoms with E-state index in [1.165, 1.54) is 14.2 Å². The van der Waals surface area contributed by atoms with Crippen molar-refractivity contribution in [2.24, 2.45) is 34.8 Å². The molecule has 2 rings (SSSR count). The third-order valence-corrected chi connectivity index (χ3v) is 8.88.